The first kappa shape index (κ1) is 21.6. The molecule has 3 nitrogen and oxygen atoms in total. The van der Waals surface area contributed by atoms with E-state index in [1.165, 1.54) is 31.2 Å². The first-order valence-corrected chi connectivity index (χ1v) is 12.7. The SMILES string of the molecule is CC(C)c1ccc(-c2cc(C(=O)N[C@@H](C)[C@@H]3C[C@@H]4CC[C@@H]3C4)c3cc(Br)ccc3n2)cc1. The van der Waals surface area contributed by atoms with Gasteiger partial charge in [0, 0.05) is 21.5 Å². The van der Waals surface area contributed by atoms with E-state index in [4.69, 9.17) is 4.98 Å². The van der Waals surface area contributed by atoms with Gasteiger partial charge in [0.25, 0.3) is 5.91 Å². The van der Waals surface area contributed by atoms with Crippen LogP contribution in [0.15, 0.2) is 53.0 Å². The van der Waals surface area contributed by atoms with E-state index in [9.17, 15) is 4.79 Å². The second-order valence-corrected chi connectivity index (χ2v) is 11.0. The van der Waals surface area contributed by atoms with Gasteiger partial charge < -0.3 is 5.32 Å². The lowest BCUT2D eigenvalue weighted by molar-refractivity contribution is 0.0917. The molecule has 1 amide bonds. The number of carbonyl (C=O) groups is 1. The van der Waals surface area contributed by atoms with Crippen molar-refractivity contribution in [2.24, 2.45) is 17.8 Å². The maximum atomic E-state index is 13.5. The summed E-state index contributed by atoms with van der Waals surface area (Å²) in [6.45, 7) is 6.58. The van der Waals surface area contributed by atoms with Gasteiger partial charge in [-0.15, -0.1) is 0 Å². The van der Waals surface area contributed by atoms with Crippen LogP contribution < -0.4 is 5.32 Å². The van der Waals surface area contributed by atoms with Crippen LogP contribution in [0.25, 0.3) is 22.2 Å². The van der Waals surface area contributed by atoms with E-state index in [1.54, 1.807) is 0 Å². The number of benzene rings is 2. The van der Waals surface area contributed by atoms with Gasteiger partial charge in [-0.05, 0) is 79.7 Å². The van der Waals surface area contributed by atoms with E-state index in [0.717, 1.165) is 38.5 Å². The highest BCUT2D eigenvalue weighted by Gasteiger charge is 2.42. The van der Waals surface area contributed by atoms with Crippen molar-refractivity contribution in [1.82, 2.24) is 10.3 Å². The van der Waals surface area contributed by atoms with Gasteiger partial charge in [0.2, 0.25) is 0 Å². The molecule has 5 rings (SSSR count). The number of amides is 1. The van der Waals surface area contributed by atoms with Crippen molar-refractivity contribution in [3.63, 3.8) is 0 Å². The number of nitrogens with zero attached hydrogens (tertiary/aromatic N) is 1. The normalized spacial score (nSPS) is 23.1. The predicted molar refractivity (Wildman–Crippen MR) is 135 cm³/mol. The molecule has 2 saturated carbocycles. The molecule has 2 fully saturated rings. The smallest absolute Gasteiger partial charge is 0.252 e. The molecule has 2 bridgehead atoms. The molecule has 3 aromatic rings. The molecule has 2 aliphatic rings. The number of aromatic nitrogens is 1. The molecule has 4 atom stereocenters. The first-order chi connectivity index (χ1) is 15.4. The molecule has 166 valence electrons. The second kappa shape index (κ2) is 8.62. The third kappa shape index (κ3) is 4.10. The Morgan fingerprint density at radius 2 is 1.81 bits per heavy atom. The van der Waals surface area contributed by atoms with Crippen LogP contribution in [0.2, 0.25) is 0 Å². The Hall–Kier alpha value is -2.20. The van der Waals surface area contributed by atoms with Crippen LogP contribution in [0.4, 0.5) is 0 Å². The summed E-state index contributed by atoms with van der Waals surface area (Å²) >= 11 is 3.57. The standard InChI is InChI=1S/C28H31BrN2O/c1-16(2)19-6-8-20(9-7-19)27-15-25(24-14-22(29)10-11-26(24)31-27)28(32)30-17(3)23-13-18-4-5-21(23)12-18/h6-11,14-18,21,23H,4-5,12-13H2,1-3H3,(H,30,32)/t17-,18+,21+,23-/m0/s1. The molecule has 0 spiro atoms. The van der Waals surface area contributed by atoms with Crippen molar-refractivity contribution < 1.29 is 4.79 Å². The Morgan fingerprint density at radius 1 is 1.03 bits per heavy atom. The Morgan fingerprint density at radius 3 is 2.47 bits per heavy atom. The number of nitrogens with one attached hydrogen (secondary N) is 1. The zero-order valence-electron chi connectivity index (χ0n) is 19.1. The van der Waals surface area contributed by atoms with Crippen molar-refractivity contribution in [3.8, 4) is 11.3 Å². The third-order valence-electron chi connectivity index (χ3n) is 7.68. The van der Waals surface area contributed by atoms with Crippen LogP contribution >= 0.6 is 15.9 Å². The van der Waals surface area contributed by atoms with Gasteiger partial charge in [0.1, 0.15) is 0 Å². The van der Waals surface area contributed by atoms with Crippen molar-refractivity contribution >= 4 is 32.7 Å². The molecule has 1 N–H and O–H groups in total. The minimum Gasteiger partial charge on any atom is -0.349 e. The molecule has 0 saturated heterocycles. The van der Waals surface area contributed by atoms with E-state index < -0.39 is 0 Å². The van der Waals surface area contributed by atoms with Gasteiger partial charge in [-0.2, -0.15) is 0 Å². The quantitative estimate of drug-likeness (QED) is 0.406. The van der Waals surface area contributed by atoms with Gasteiger partial charge >= 0.3 is 0 Å². The number of halogens is 1. The van der Waals surface area contributed by atoms with Crippen LogP contribution in [0.1, 0.15) is 68.3 Å². The van der Waals surface area contributed by atoms with Crippen LogP contribution in [-0.4, -0.2) is 16.9 Å². The summed E-state index contributed by atoms with van der Waals surface area (Å²) in [5.41, 5.74) is 4.73. The summed E-state index contributed by atoms with van der Waals surface area (Å²) in [7, 11) is 0. The fraction of sp³-hybridized carbons (Fsp3) is 0.429. The molecule has 32 heavy (non-hydrogen) atoms. The molecule has 1 aromatic heterocycles. The summed E-state index contributed by atoms with van der Waals surface area (Å²) < 4.78 is 0.955. The van der Waals surface area contributed by atoms with E-state index >= 15 is 0 Å². The van der Waals surface area contributed by atoms with E-state index in [-0.39, 0.29) is 11.9 Å². The molecule has 0 aliphatic heterocycles. The number of rotatable bonds is 5. The lowest BCUT2D eigenvalue weighted by Gasteiger charge is -2.28. The monoisotopic (exact) mass is 490 g/mol. The van der Waals surface area contributed by atoms with Crippen molar-refractivity contribution in [1.29, 1.82) is 0 Å². The highest BCUT2D eigenvalue weighted by molar-refractivity contribution is 9.10. The maximum Gasteiger partial charge on any atom is 0.252 e. The molecule has 0 radical (unpaired) electrons. The Bertz CT molecular complexity index is 1150. The number of hydrogen-bond acceptors (Lipinski definition) is 2. The van der Waals surface area contributed by atoms with Gasteiger partial charge in [-0.25, -0.2) is 4.98 Å². The molecular weight excluding hydrogens is 460 g/mol. The molecule has 0 unspecified atom stereocenters. The average molecular weight is 491 g/mol. The first-order valence-electron chi connectivity index (χ1n) is 11.9. The highest BCUT2D eigenvalue weighted by atomic mass is 79.9. The van der Waals surface area contributed by atoms with Crippen molar-refractivity contribution in [2.45, 2.75) is 58.4 Å². The van der Waals surface area contributed by atoms with Gasteiger partial charge in [0.05, 0.1) is 16.8 Å². The molecular formula is C28H31BrN2O. The minimum atomic E-state index is 0.00539. The molecule has 1 heterocycles. The zero-order chi connectivity index (χ0) is 22.4. The van der Waals surface area contributed by atoms with Crippen molar-refractivity contribution in [3.05, 3.63) is 64.1 Å². The van der Waals surface area contributed by atoms with Crippen LogP contribution in [0, 0.1) is 17.8 Å². The van der Waals surface area contributed by atoms with Crippen LogP contribution in [0.3, 0.4) is 0 Å². The van der Waals surface area contributed by atoms with Crippen LogP contribution in [0.5, 0.6) is 0 Å². The fourth-order valence-corrected chi connectivity index (χ4v) is 6.23. The molecule has 4 heteroatoms. The fourth-order valence-electron chi connectivity index (χ4n) is 5.87. The van der Waals surface area contributed by atoms with E-state index in [1.807, 2.05) is 24.3 Å². The van der Waals surface area contributed by atoms with Gasteiger partial charge in [-0.3, -0.25) is 4.79 Å². The second-order valence-electron chi connectivity index (χ2n) is 10.1. The average Bonchev–Trinajstić information content (AvgIpc) is 3.42. The minimum absolute atomic E-state index is 0.00539. The summed E-state index contributed by atoms with van der Waals surface area (Å²) in [4.78, 5) is 18.4. The number of carbonyl (C=O) groups excluding carboxylic acids is 1. The predicted octanol–water partition coefficient (Wildman–Crippen LogP) is 7.34. The van der Waals surface area contributed by atoms with Gasteiger partial charge in [-0.1, -0.05) is 60.5 Å². The lowest BCUT2D eigenvalue weighted by atomic mass is 9.84. The molecule has 2 aliphatic carbocycles. The van der Waals surface area contributed by atoms with Gasteiger partial charge in [0.15, 0.2) is 0 Å². The molecule has 2 aromatic carbocycles. The summed E-state index contributed by atoms with van der Waals surface area (Å²) in [5.74, 6) is 2.77. The maximum absolute atomic E-state index is 13.5. The highest BCUT2D eigenvalue weighted by Crippen LogP contribution is 2.49. The number of pyridine rings is 1. The Labute approximate surface area is 199 Å². The van der Waals surface area contributed by atoms with E-state index in [2.05, 4.69) is 66.3 Å². The summed E-state index contributed by atoms with van der Waals surface area (Å²) in [6, 6.07) is 16.7. The third-order valence-corrected chi connectivity index (χ3v) is 8.18. The van der Waals surface area contributed by atoms with Crippen molar-refractivity contribution in [2.75, 3.05) is 0 Å². The topological polar surface area (TPSA) is 42.0 Å². The zero-order valence-corrected chi connectivity index (χ0v) is 20.7. The Balaban J connectivity index is 1.49. The lowest BCUT2D eigenvalue weighted by Crippen LogP contribution is -2.40. The summed E-state index contributed by atoms with van der Waals surface area (Å²) in [5, 5.41) is 4.24. The van der Waals surface area contributed by atoms with E-state index in [0.29, 0.717) is 17.4 Å². The number of fused-ring (bicyclic) bond motifs is 3. The number of hydrogen-bond donors (Lipinski definition) is 1. The largest absolute Gasteiger partial charge is 0.349 e. The van der Waals surface area contributed by atoms with Crippen LogP contribution in [-0.2, 0) is 0 Å². The Kier molecular flexibility index (Phi) is 5.83. The summed E-state index contributed by atoms with van der Waals surface area (Å²) in [6.07, 6.45) is 5.33.